The molecule has 102 valence electrons. The number of ether oxygens (including phenoxy) is 1. The number of carbonyl (C=O) groups is 2. The van der Waals surface area contributed by atoms with Crippen molar-refractivity contribution in [2.24, 2.45) is 0 Å². The maximum absolute atomic E-state index is 11.8. The van der Waals surface area contributed by atoms with Crippen LogP contribution in [0.1, 0.15) is 23.1 Å². The molecule has 20 heavy (non-hydrogen) atoms. The number of nitrogens with one attached hydrogen (secondary N) is 1. The summed E-state index contributed by atoms with van der Waals surface area (Å²) >= 11 is 0. The third kappa shape index (κ3) is 3.61. The van der Waals surface area contributed by atoms with E-state index in [0.29, 0.717) is 11.4 Å². The summed E-state index contributed by atoms with van der Waals surface area (Å²) in [5.74, 6) is -0.374. The highest BCUT2D eigenvalue weighted by Crippen LogP contribution is 2.16. The first kappa shape index (κ1) is 13.7. The van der Waals surface area contributed by atoms with E-state index in [1.54, 1.807) is 31.2 Å². The monoisotopic (exact) mass is 271 g/mol. The number of nitrogens with zero attached hydrogens (tertiary/aromatic N) is 2. The Balaban J connectivity index is 2.04. The number of carbonyl (C=O) groups excluding carboxylic acids is 2. The Kier molecular flexibility index (Phi) is 4.05. The van der Waals surface area contributed by atoms with E-state index in [-0.39, 0.29) is 11.6 Å². The van der Waals surface area contributed by atoms with E-state index >= 15 is 0 Å². The summed E-state index contributed by atoms with van der Waals surface area (Å²) in [6, 6.07) is 6.46. The van der Waals surface area contributed by atoms with Gasteiger partial charge in [0.15, 0.2) is 5.69 Å². The molecule has 0 saturated heterocycles. The lowest BCUT2D eigenvalue weighted by Gasteiger charge is -2.05. The molecule has 0 saturated carbocycles. The highest BCUT2D eigenvalue weighted by atomic mass is 16.5. The van der Waals surface area contributed by atoms with Gasteiger partial charge in [-0.05, 0) is 31.2 Å². The number of rotatable bonds is 3. The van der Waals surface area contributed by atoms with Crippen LogP contribution in [0.4, 0.5) is 5.69 Å². The molecule has 2 aromatic rings. The van der Waals surface area contributed by atoms with Gasteiger partial charge >= 0.3 is 5.97 Å². The van der Waals surface area contributed by atoms with E-state index in [2.05, 4.69) is 15.3 Å². The van der Waals surface area contributed by atoms with E-state index in [1.807, 2.05) is 0 Å². The van der Waals surface area contributed by atoms with E-state index in [4.69, 9.17) is 4.74 Å². The van der Waals surface area contributed by atoms with Crippen LogP contribution < -0.4 is 10.1 Å². The second-order valence-corrected chi connectivity index (χ2v) is 4.14. The molecule has 2 rings (SSSR count). The quantitative estimate of drug-likeness (QED) is 0.681. The molecule has 0 bridgehead atoms. The smallest absolute Gasteiger partial charge is 0.363 e. The van der Waals surface area contributed by atoms with E-state index < -0.39 is 5.97 Å². The Hall–Kier alpha value is -2.76. The summed E-state index contributed by atoms with van der Waals surface area (Å²) in [7, 11) is 0. The number of anilines is 1. The zero-order valence-electron chi connectivity index (χ0n) is 11.1. The molecule has 0 aliphatic rings. The first-order valence-corrected chi connectivity index (χ1v) is 5.93. The molecule has 1 aromatic carbocycles. The number of benzene rings is 1. The molecule has 0 unspecified atom stereocenters. The van der Waals surface area contributed by atoms with Crippen LogP contribution in [-0.2, 0) is 4.79 Å². The average Bonchev–Trinajstić information content (AvgIpc) is 2.41. The zero-order chi connectivity index (χ0) is 14.5. The lowest BCUT2D eigenvalue weighted by molar-refractivity contribution is -0.114. The lowest BCUT2D eigenvalue weighted by atomic mass is 10.3. The number of hydrogen-bond acceptors (Lipinski definition) is 5. The molecular formula is C14H13N3O3. The largest absolute Gasteiger partial charge is 0.422 e. The Bertz CT molecular complexity index is 621. The van der Waals surface area contributed by atoms with Crippen LogP contribution in [0.3, 0.4) is 0 Å². The third-order valence-corrected chi connectivity index (χ3v) is 2.38. The van der Waals surface area contributed by atoms with Gasteiger partial charge < -0.3 is 10.1 Å². The Morgan fingerprint density at radius 1 is 1.10 bits per heavy atom. The fraction of sp³-hybridized carbons (Fsp3) is 0.143. The number of amides is 1. The Labute approximate surface area is 115 Å². The first-order chi connectivity index (χ1) is 9.54. The maximum atomic E-state index is 11.8. The third-order valence-electron chi connectivity index (χ3n) is 2.38. The van der Waals surface area contributed by atoms with Crippen molar-refractivity contribution in [2.75, 3.05) is 5.32 Å². The van der Waals surface area contributed by atoms with Crippen LogP contribution in [0.15, 0.2) is 36.7 Å². The first-order valence-electron chi connectivity index (χ1n) is 5.93. The van der Waals surface area contributed by atoms with Crippen LogP contribution in [-0.4, -0.2) is 21.8 Å². The molecule has 1 heterocycles. The van der Waals surface area contributed by atoms with Crippen LogP contribution in [0.25, 0.3) is 0 Å². The van der Waals surface area contributed by atoms with Crippen molar-refractivity contribution < 1.29 is 14.3 Å². The van der Waals surface area contributed by atoms with E-state index in [1.165, 1.54) is 19.3 Å². The van der Waals surface area contributed by atoms with Crippen molar-refractivity contribution in [3.05, 3.63) is 48.0 Å². The van der Waals surface area contributed by atoms with Gasteiger partial charge in [-0.1, -0.05) is 0 Å². The Morgan fingerprint density at radius 2 is 1.80 bits per heavy atom. The van der Waals surface area contributed by atoms with Gasteiger partial charge in [-0.25, -0.2) is 9.78 Å². The minimum absolute atomic E-state index is 0.140. The van der Waals surface area contributed by atoms with Gasteiger partial charge in [-0.2, -0.15) is 0 Å². The summed E-state index contributed by atoms with van der Waals surface area (Å²) in [5.41, 5.74) is 1.50. The number of aromatic nitrogens is 2. The van der Waals surface area contributed by atoms with Crippen molar-refractivity contribution in [3.8, 4) is 5.75 Å². The molecule has 6 nitrogen and oxygen atoms in total. The van der Waals surface area contributed by atoms with Crippen molar-refractivity contribution in [1.29, 1.82) is 0 Å². The predicted molar refractivity (Wildman–Crippen MR) is 72.5 cm³/mol. The number of esters is 1. The molecule has 0 radical (unpaired) electrons. The summed E-state index contributed by atoms with van der Waals surface area (Å²) in [5, 5.41) is 2.62. The minimum Gasteiger partial charge on any atom is -0.422 e. The fourth-order valence-electron chi connectivity index (χ4n) is 1.47. The molecule has 0 atom stereocenters. The predicted octanol–water partition coefficient (Wildman–Crippen LogP) is 1.96. The molecule has 0 aliphatic carbocycles. The highest BCUT2D eigenvalue weighted by Gasteiger charge is 2.10. The van der Waals surface area contributed by atoms with Crippen LogP contribution in [0.2, 0.25) is 0 Å². The van der Waals surface area contributed by atoms with Gasteiger partial charge in [-0.3, -0.25) is 9.78 Å². The van der Waals surface area contributed by atoms with Gasteiger partial charge in [0.25, 0.3) is 0 Å². The average molecular weight is 271 g/mol. The maximum Gasteiger partial charge on any atom is 0.363 e. The van der Waals surface area contributed by atoms with Crippen molar-refractivity contribution in [2.45, 2.75) is 13.8 Å². The SMILES string of the molecule is CC(=O)Nc1ccc(OC(=O)c2cnc(C)cn2)cc1. The van der Waals surface area contributed by atoms with Crippen molar-refractivity contribution in [3.63, 3.8) is 0 Å². The second kappa shape index (κ2) is 5.92. The summed E-state index contributed by atoms with van der Waals surface area (Å²) in [6.45, 7) is 3.20. The van der Waals surface area contributed by atoms with Gasteiger partial charge in [0.2, 0.25) is 5.91 Å². The second-order valence-electron chi connectivity index (χ2n) is 4.14. The molecule has 0 aliphatic heterocycles. The topological polar surface area (TPSA) is 81.2 Å². The normalized spacial score (nSPS) is 9.90. The van der Waals surface area contributed by atoms with Gasteiger partial charge in [-0.15, -0.1) is 0 Å². The van der Waals surface area contributed by atoms with Crippen LogP contribution in [0, 0.1) is 6.92 Å². The molecule has 1 amide bonds. The summed E-state index contributed by atoms with van der Waals surface area (Å²) in [6.07, 6.45) is 2.86. The minimum atomic E-state index is -0.579. The molecule has 6 heteroatoms. The molecule has 0 spiro atoms. The molecule has 1 aromatic heterocycles. The van der Waals surface area contributed by atoms with Crippen LogP contribution in [0.5, 0.6) is 5.75 Å². The van der Waals surface area contributed by atoms with E-state index in [9.17, 15) is 9.59 Å². The number of aryl methyl sites for hydroxylation is 1. The van der Waals surface area contributed by atoms with Gasteiger partial charge in [0.05, 0.1) is 11.9 Å². The van der Waals surface area contributed by atoms with Gasteiger partial charge in [0, 0.05) is 18.8 Å². The lowest BCUT2D eigenvalue weighted by Crippen LogP contribution is -2.11. The summed E-state index contributed by atoms with van der Waals surface area (Å²) < 4.78 is 5.15. The molecular weight excluding hydrogens is 258 g/mol. The van der Waals surface area contributed by atoms with Crippen molar-refractivity contribution in [1.82, 2.24) is 9.97 Å². The highest BCUT2D eigenvalue weighted by molar-refractivity contribution is 5.89. The zero-order valence-corrected chi connectivity index (χ0v) is 11.1. The van der Waals surface area contributed by atoms with Gasteiger partial charge in [0.1, 0.15) is 5.75 Å². The molecule has 0 fully saturated rings. The Morgan fingerprint density at radius 3 is 2.35 bits per heavy atom. The fourth-order valence-corrected chi connectivity index (χ4v) is 1.47. The standard InChI is InChI=1S/C14H13N3O3/c1-9-7-16-13(8-15-9)14(19)20-12-5-3-11(4-6-12)17-10(2)18/h3-8H,1-2H3,(H,17,18). The van der Waals surface area contributed by atoms with Crippen LogP contribution >= 0.6 is 0 Å². The number of hydrogen-bond donors (Lipinski definition) is 1. The molecule has 1 N–H and O–H groups in total. The van der Waals surface area contributed by atoms with E-state index in [0.717, 1.165) is 5.69 Å². The van der Waals surface area contributed by atoms with Crippen molar-refractivity contribution >= 4 is 17.6 Å². The summed E-state index contributed by atoms with van der Waals surface area (Å²) in [4.78, 5) is 30.6.